The molecule has 108 valence electrons. The summed E-state index contributed by atoms with van der Waals surface area (Å²) < 4.78 is 3.18. The van der Waals surface area contributed by atoms with E-state index in [4.69, 9.17) is 11.6 Å². The Kier molecular flexibility index (Phi) is 3.57. The van der Waals surface area contributed by atoms with Crippen LogP contribution in [-0.4, -0.2) is 14.2 Å². The van der Waals surface area contributed by atoms with Crippen molar-refractivity contribution < 1.29 is 5.11 Å². The van der Waals surface area contributed by atoms with Crippen LogP contribution in [0.4, 0.5) is 0 Å². The van der Waals surface area contributed by atoms with Gasteiger partial charge in [0.15, 0.2) is 0 Å². The summed E-state index contributed by atoms with van der Waals surface area (Å²) in [5, 5.41) is 11.0. The number of nitrogens with zero attached hydrogens (tertiary/aromatic N) is 2. The summed E-state index contributed by atoms with van der Waals surface area (Å²) in [6.07, 6.45) is -0.759. The molecule has 0 fully saturated rings. The standard InChI is InChI=1S/C16H15ClN2O2/c1-18-13-4-2-3-5-14(13)19(16(18)21)10-15(20)11-6-8-12(17)9-7-11/h2-9,15,20H,10H2,1H3. The molecule has 1 unspecified atom stereocenters. The van der Waals surface area contributed by atoms with Crippen LogP contribution < -0.4 is 5.69 Å². The van der Waals surface area contributed by atoms with Crippen molar-refractivity contribution in [3.05, 3.63) is 69.6 Å². The number of benzene rings is 2. The van der Waals surface area contributed by atoms with Gasteiger partial charge in [-0.05, 0) is 29.8 Å². The van der Waals surface area contributed by atoms with Gasteiger partial charge in [0, 0.05) is 12.1 Å². The third-order valence-corrected chi connectivity index (χ3v) is 3.91. The maximum absolute atomic E-state index is 12.3. The number of fused-ring (bicyclic) bond motifs is 1. The summed E-state index contributed by atoms with van der Waals surface area (Å²) in [5.74, 6) is 0. The van der Waals surface area contributed by atoms with Crippen molar-refractivity contribution in [2.75, 3.05) is 0 Å². The fourth-order valence-electron chi connectivity index (χ4n) is 2.50. The molecule has 5 heteroatoms. The maximum Gasteiger partial charge on any atom is 0.328 e. The summed E-state index contributed by atoms with van der Waals surface area (Å²) in [7, 11) is 1.73. The Morgan fingerprint density at radius 2 is 1.71 bits per heavy atom. The first-order valence-electron chi connectivity index (χ1n) is 6.65. The lowest BCUT2D eigenvalue weighted by atomic mass is 10.1. The highest BCUT2D eigenvalue weighted by Gasteiger charge is 2.15. The van der Waals surface area contributed by atoms with Gasteiger partial charge in [0.1, 0.15) is 0 Å². The number of para-hydroxylation sites is 2. The molecule has 1 heterocycles. The van der Waals surface area contributed by atoms with E-state index in [0.717, 1.165) is 16.6 Å². The minimum absolute atomic E-state index is 0.135. The third-order valence-electron chi connectivity index (χ3n) is 3.66. The van der Waals surface area contributed by atoms with Gasteiger partial charge in [-0.3, -0.25) is 9.13 Å². The molecule has 2 aromatic carbocycles. The van der Waals surface area contributed by atoms with Crippen LogP contribution in [0.3, 0.4) is 0 Å². The topological polar surface area (TPSA) is 47.2 Å². The zero-order valence-electron chi connectivity index (χ0n) is 11.5. The van der Waals surface area contributed by atoms with E-state index in [1.807, 2.05) is 24.3 Å². The smallest absolute Gasteiger partial charge is 0.328 e. The van der Waals surface area contributed by atoms with E-state index in [2.05, 4.69) is 0 Å². The lowest BCUT2D eigenvalue weighted by molar-refractivity contribution is 0.156. The van der Waals surface area contributed by atoms with Gasteiger partial charge in [0.25, 0.3) is 0 Å². The second kappa shape index (κ2) is 5.39. The number of aromatic nitrogens is 2. The van der Waals surface area contributed by atoms with Crippen molar-refractivity contribution in [1.82, 2.24) is 9.13 Å². The summed E-state index contributed by atoms with van der Waals surface area (Å²) >= 11 is 5.84. The zero-order chi connectivity index (χ0) is 15.0. The summed E-state index contributed by atoms with van der Waals surface area (Å²) in [4.78, 5) is 12.3. The fourth-order valence-corrected chi connectivity index (χ4v) is 2.63. The molecule has 0 aliphatic heterocycles. The highest BCUT2D eigenvalue weighted by molar-refractivity contribution is 6.30. The number of hydrogen-bond donors (Lipinski definition) is 1. The highest BCUT2D eigenvalue weighted by atomic mass is 35.5. The molecule has 0 aliphatic carbocycles. The molecular formula is C16H15ClN2O2. The van der Waals surface area contributed by atoms with Gasteiger partial charge < -0.3 is 5.11 Å². The third kappa shape index (κ3) is 2.48. The minimum Gasteiger partial charge on any atom is -0.387 e. The van der Waals surface area contributed by atoms with Gasteiger partial charge >= 0.3 is 5.69 Å². The largest absolute Gasteiger partial charge is 0.387 e. The zero-order valence-corrected chi connectivity index (χ0v) is 12.3. The first-order valence-corrected chi connectivity index (χ1v) is 7.03. The second-order valence-electron chi connectivity index (χ2n) is 5.01. The van der Waals surface area contributed by atoms with Crippen molar-refractivity contribution in [3.8, 4) is 0 Å². The lowest BCUT2D eigenvalue weighted by Gasteiger charge is -2.12. The Morgan fingerprint density at radius 3 is 2.38 bits per heavy atom. The first kappa shape index (κ1) is 13.9. The van der Waals surface area contributed by atoms with E-state index < -0.39 is 6.10 Å². The molecule has 0 amide bonds. The molecule has 0 bridgehead atoms. The van der Waals surface area contributed by atoms with Crippen molar-refractivity contribution in [2.45, 2.75) is 12.6 Å². The van der Waals surface area contributed by atoms with Gasteiger partial charge in [0.2, 0.25) is 0 Å². The van der Waals surface area contributed by atoms with Crippen LogP contribution in [0.15, 0.2) is 53.3 Å². The number of imidazole rings is 1. The van der Waals surface area contributed by atoms with Crippen LogP contribution in [0.1, 0.15) is 11.7 Å². The number of rotatable bonds is 3. The van der Waals surface area contributed by atoms with Crippen LogP contribution in [-0.2, 0) is 13.6 Å². The van der Waals surface area contributed by atoms with Crippen molar-refractivity contribution >= 4 is 22.6 Å². The molecule has 0 saturated carbocycles. The van der Waals surface area contributed by atoms with E-state index in [1.54, 1.807) is 40.4 Å². The van der Waals surface area contributed by atoms with Crippen LogP contribution in [0.5, 0.6) is 0 Å². The molecule has 1 N–H and O–H groups in total. The van der Waals surface area contributed by atoms with Crippen LogP contribution in [0, 0.1) is 0 Å². The predicted octanol–water partition coefficient (Wildman–Crippen LogP) is 2.73. The van der Waals surface area contributed by atoms with Crippen LogP contribution >= 0.6 is 11.6 Å². The SMILES string of the molecule is Cn1c(=O)n(CC(O)c2ccc(Cl)cc2)c2ccccc21. The molecule has 21 heavy (non-hydrogen) atoms. The molecule has 0 radical (unpaired) electrons. The maximum atomic E-state index is 12.3. The van der Waals surface area contributed by atoms with E-state index in [1.165, 1.54) is 0 Å². The Bertz CT molecular complexity index is 834. The molecule has 1 aromatic heterocycles. The second-order valence-corrected chi connectivity index (χ2v) is 5.44. The van der Waals surface area contributed by atoms with E-state index in [-0.39, 0.29) is 12.2 Å². The molecule has 4 nitrogen and oxygen atoms in total. The van der Waals surface area contributed by atoms with E-state index in [9.17, 15) is 9.90 Å². The molecule has 3 rings (SSSR count). The van der Waals surface area contributed by atoms with E-state index in [0.29, 0.717) is 5.02 Å². The monoisotopic (exact) mass is 302 g/mol. The molecule has 0 spiro atoms. The number of hydrogen-bond acceptors (Lipinski definition) is 2. The van der Waals surface area contributed by atoms with Gasteiger partial charge in [-0.1, -0.05) is 35.9 Å². The predicted molar refractivity (Wildman–Crippen MR) is 83.6 cm³/mol. The molecule has 0 aliphatic rings. The van der Waals surface area contributed by atoms with Crippen molar-refractivity contribution in [1.29, 1.82) is 0 Å². The quantitative estimate of drug-likeness (QED) is 0.808. The summed E-state index contributed by atoms with van der Waals surface area (Å²) in [6, 6.07) is 14.5. The summed E-state index contributed by atoms with van der Waals surface area (Å²) in [5.41, 5.74) is 2.27. The van der Waals surface area contributed by atoms with Gasteiger partial charge in [0.05, 0.1) is 23.7 Å². The Balaban J connectivity index is 2.00. The molecular weight excluding hydrogens is 288 g/mol. The Hall–Kier alpha value is -2.04. The lowest BCUT2D eigenvalue weighted by Crippen LogP contribution is -2.24. The van der Waals surface area contributed by atoms with Crippen molar-refractivity contribution in [2.24, 2.45) is 7.05 Å². The molecule has 3 aromatic rings. The minimum atomic E-state index is -0.759. The first-order chi connectivity index (χ1) is 10.1. The number of halogens is 1. The Labute approximate surface area is 126 Å². The Morgan fingerprint density at radius 1 is 1.10 bits per heavy atom. The number of aryl methyl sites for hydroxylation is 1. The normalized spacial score (nSPS) is 12.7. The fraction of sp³-hybridized carbons (Fsp3) is 0.188. The highest BCUT2D eigenvalue weighted by Crippen LogP contribution is 2.20. The van der Waals surface area contributed by atoms with Gasteiger partial charge in [-0.15, -0.1) is 0 Å². The van der Waals surface area contributed by atoms with Crippen molar-refractivity contribution in [3.63, 3.8) is 0 Å². The molecule has 1 atom stereocenters. The number of aliphatic hydroxyl groups excluding tert-OH is 1. The van der Waals surface area contributed by atoms with E-state index >= 15 is 0 Å². The number of aliphatic hydroxyl groups is 1. The van der Waals surface area contributed by atoms with Crippen LogP contribution in [0.2, 0.25) is 5.02 Å². The van der Waals surface area contributed by atoms with Gasteiger partial charge in [-0.25, -0.2) is 4.79 Å². The average Bonchev–Trinajstić information content (AvgIpc) is 2.73. The van der Waals surface area contributed by atoms with Gasteiger partial charge in [-0.2, -0.15) is 0 Å². The molecule has 0 saturated heterocycles. The average molecular weight is 303 g/mol. The van der Waals surface area contributed by atoms with Crippen LogP contribution in [0.25, 0.3) is 11.0 Å². The summed E-state index contributed by atoms with van der Waals surface area (Å²) in [6.45, 7) is 0.210.